The Hall–Kier alpha value is -0.620. The molecule has 1 aliphatic carbocycles. The van der Waals surface area contributed by atoms with Gasteiger partial charge in [-0.1, -0.05) is 0 Å². The standard InChI is InChI=1S/C9H18N2O3S/c1-7(4-5-10)15(13,14)6-9(12)11-8-2-3-8/h7-8H,2-6,10H2,1H3,(H,11,12). The zero-order valence-electron chi connectivity index (χ0n) is 8.90. The Morgan fingerprint density at radius 3 is 2.60 bits per heavy atom. The summed E-state index contributed by atoms with van der Waals surface area (Å²) in [5, 5.41) is 2.12. The van der Waals surface area contributed by atoms with E-state index in [2.05, 4.69) is 5.32 Å². The second-order valence-electron chi connectivity index (χ2n) is 4.04. The van der Waals surface area contributed by atoms with Crippen molar-refractivity contribution in [3.8, 4) is 0 Å². The van der Waals surface area contributed by atoms with Crippen molar-refractivity contribution >= 4 is 15.7 Å². The van der Waals surface area contributed by atoms with Gasteiger partial charge in [-0.15, -0.1) is 0 Å². The highest BCUT2D eigenvalue weighted by atomic mass is 32.2. The second-order valence-corrected chi connectivity index (χ2v) is 6.46. The van der Waals surface area contributed by atoms with Crippen molar-refractivity contribution in [2.75, 3.05) is 12.3 Å². The summed E-state index contributed by atoms with van der Waals surface area (Å²) >= 11 is 0. The predicted octanol–water partition coefficient (Wildman–Crippen LogP) is -0.583. The molecule has 1 amide bonds. The number of rotatable bonds is 6. The lowest BCUT2D eigenvalue weighted by atomic mass is 10.3. The van der Waals surface area contributed by atoms with Crippen LogP contribution in [-0.2, 0) is 14.6 Å². The molecule has 0 aliphatic heterocycles. The Labute approximate surface area is 90.3 Å². The van der Waals surface area contributed by atoms with E-state index in [0.29, 0.717) is 13.0 Å². The van der Waals surface area contributed by atoms with Gasteiger partial charge in [-0.3, -0.25) is 4.79 Å². The molecule has 0 aromatic heterocycles. The molecule has 5 nitrogen and oxygen atoms in total. The van der Waals surface area contributed by atoms with E-state index in [1.807, 2.05) is 0 Å². The summed E-state index contributed by atoms with van der Waals surface area (Å²) in [6, 6.07) is 0.206. The predicted molar refractivity (Wildman–Crippen MR) is 58.1 cm³/mol. The van der Waals surface area contributed by atoms with Crippen molar-refractivity contribution in [3.05, 3.63) is 0 Å². The number of amides is 1. The third kappa shape index (κ3) is 4.17. The summed E-state index contributed by atoms with van der Waals surface area (Å²) in [4.78, 5) is 11.3. The number of carbonyl (C=O) groups excluding carboxylic acids is 1. The van der Waals surface area contributed by atoms with Crippen LogP contribution in [-0.4, -0.2) is 37.9 Å². The fourth-order valence-corrected chi connectivity index (χ4v) is 2.46. The molecule has 1 fully saturated rings. The maximum absolute atomic E-state index is 11.6. The number of hydrogen-bond donors (Lipinski definition) is 2. The molecule has 1 saturated carbocycles. The van der Waals surface area contributed by atoms with Gasteiger partial charge in [0.05, 0.1) is 5.25 Å². The average Bonchev–Trinajstić information content (AvgIpc) is 2.87. The van der Waals surface area contributed by atoms with Crippen molar-refractivity contribution < 1.29 is 13.2 Å². The molecule has 0 saturated heterocycles. The molecular weight excluding hydrogens is 216 g/mol. The quantitative estimate of drug-likeness (QED) is 0.643. The summed E-state index contributed by atoms with van der Waals surface area (Å²) < 4.78 is 23.2. The van der Waals surface area contributed by atoms with E-state index < -0.39 is 20.8 Å². The first kappa shape index (κ1) is 12.4. The van der Waals surface area contributed by atoms with Crippen LogP contribution >= 0.6 is 0 Å². The minimum atomic E-state index is -3.33. The van der Waals surface area contributed by atoms with Gasteiger partial charge in [0.25, 0.3) is 0 Å². The summed E-state index contributed by atoms with van der Waals surface area (Å²) in [5.74, 6) is -0.800. The first-order valence-corrected chi connectivity index (χ1v) is 6.88. The molecule has 1 rings (SSSR count). The fraction of sp³-hybridized carbons (Fsp3) is 0.889. The van der Waals surface area contributed by atoms with Crippen molar-refractivity contribution in [1.29, 1.82) is 0 Å². The average molecular weight is 234 g/mol. The molecule has 1 aliphatic rings. The Bertz CT molecular complexity index is 322. The topological polar surface area (TPSA) is 89.3 Å². The van der Waals surface area contributed by atoms with Crippen LogP contribution in [0.15, 0.2) is 0 Å². The van der Waals surface area contributed by atoms with Gasteiger partial charge in [0.1, 0.15) is 5.75 Å². The summed E-state index contributed by atoms with van der Waals surface area (Å²) in [7, 11) is -3.33. The molecule has 6 heteroatoms. The van der Waals surface area contributed by atoms with Crippen LogP contribution in [0, 0.1) is 0 Å². The minimum absolute atomic E-state index is 0.206. The van der Waals surface area contributed by atoms with E-state index in [1.54, 1.807) is 6.92 Å². The maximum Gasteiger partial charge on any atom is 0.235 e. The Balaban J connectivity index is 2.43. The molecule has 1 unspecified atom stereocenters. The highest BCUT2D eigenvalue weighted by molar-refractivity contribution is 7.92. The van der Waals surface area contributed by atoms with Gasteiger partial charge >= 0.3 is 0 Å². The lowest BCUT2D eigenvalue weighted by molar-refractivity contribution is -0.118. The molecule has 0 heterocycles. The Morgan fingerprint density at radius 2 is 2.13 bits per heavy atom. The molecular formula is C9H18N2O3S. The van der Waals surface area contributed by atoms with Crippen LogP contribution in [0.2, 0.25) is 0 Å². The molecule has 15 heavy (non-hydrogen) atoms. The third-order valence-corrected chi connectivity index (χ3v) is 4.59. The van der Waals surface area contributed by atoms with E-state index in [9.17, 15) is 13.2 Å². The van der Waals surface area contributed by atoms with E-state index in [4.69, 9.17) is 5.73 Å². The van der Waals surface area contributed by atoms with Crippen LogP contribution < -0.4 is 11.1 Å². The molecule has 0 radical (unpaired) electrons. The normalized spacial score (nSPS) is 18.5. The monoisotopic (exact) mass is 234 g/mol. The van der Waals surface area contributed by atoms with Crippen LogP contribution in [0.25, 0.3) is 0 Å². The molecule has 0 bridgehead atoms. The van der Waals surface area contributed by atoms with Crippen LogP contribution in [0.5, 0.6) is 0 Å². The summed E-state index contributed by atoms with van der Waals surface area (Å²) in [6.45, 7) is 1.91. The molecule has 0 spiro atoms. The van der Waals surface area contributed by atoms with Gasteiger partial charge in [-0.2, -0.15) is 0 Å². The van der Waals surface area contributed by atoms with Gasteiger partial charge in [-0.25, -0.2) is 8.42 Å². The minimum Gasteiger partial charge on any atom is -0.352 e. The fourth-order valence-electron chi connectivity index (χ4n) is 1.24. The van der Waals surface area contributed by atoms with Gasteiger partial charge in [0, 0.05) is 6.04 Å². The van der Waals surface area contributed by atoms with E-state index in [1.165, 1.54) is 0 Å². The Morgan fingerprint density at radius 1 is 1.53 bits per heavy atom. The third-order valence-electron chi connectivity index (χ3n) is 2.46. The van der Waals surface area contributed by atoms with Crippen molar-refractivity contribution in [2.45, 2.75) is 37.5 Å². The molecule has 1 atom stereocenters. The number of nitrogens with two attached hydrogens (primary N) is 1. The van der Waals surface area contributed by atoms with Crippen molar-refractivity contribution in [3.63, 3.8) is 0 Å². The number of carbonyl (C=O) groups is 1. The number of sulfone groups is 1. The number of hydrogen-bond acceptors (Lipinski definition) is 4. The van der Waals surface area contributed by atoms with Gasteiger partial charge in [0.2, 0.25) is 5.91 Å². The van der Waals surface area contributed by atoms with E-state index in [-0.39, 0.29) is 11.9 Å². The SMILES string of the molecule is CC(CCN)S(=O)(=O)CC(=O)NC1CC1. The van der Waals surface area contributed by atoms with Crippen LogP contribution in [0.4, 0.5) is 0 Å². The van der Waals surface area contributed by atoms with Gasteiger partial charge in [-0.05, 0) is 32.7 Å². The van der Waals surface area contributed by atoms with Crippen molar-refractivity contribution in [2.24, 2.45) is 5.73 Å². The van der Waals surface area contributed by atoms with E-state index >= 15 is 0 Å². The largest absolute Gasteiger partial charge is 0.352 e. The zero-order chi connectivity index (χ0) is 11.5. The van der Waals surface area contributed by atoms with Gasteiger partial charge in [0.15, 0.2) is 9.84 Å². The zero-order valence-corrected chi connectivity index (χ0v) is 9.72. The Kier molecular flexibility index (Phi) is 4.10. The smallest absolute Gasteiger partial charge is 0.235 e. The van der Waals surface area contributed by atoms with Crippen LogP contribution in [0.1, 0.15) is 26.2 Å². The first-order chi connectivity index (χ1) is 6.95. The van der Waals surface area contributed by atoms with Crippen LogP contribution in [0.3, 0.4) is 0 Å². The van der Waals surface area contributed by atoms with Gasteiger partial charge < -0.3 is 11.1 Å². The highest BCUT2D eigenvalue weighted by Crippen LogP contribution is 2.18. The summed E-state index contributed by atoms with van der Waals surface area (Å²) in [5.41, 5.74) is 5.28. The highest BCUT2D eigenvalue weighted by Gasteiger charge is 2.28. The first-order valence-electron chi connectivity index (χ1n) is 5.16. The molecule has 88 valence electrons. The summed E-state index contributed by atoms with van der Waals surface area (Å²) in [6.07, 6.45) is 2.33. The lowest BCUT2D eigenvalue weighted by Crippen LogP contribution is -2.35. The molecule has 3 N–H and O–H groups in total. The second kappa shape index (κ2) is 4.94. The van der Waals surface area contributed by atoms with E-state index in [0.717, 1.165) is 12.8 Å². The number of nitrogens with one attached hydrogen (secondary N) is 1. The lowest BCUT2D eigenvalue weighted by Gasteiger charge is -2.11. The molecule has 0 aromatic carbocycles. The molecule has 0 aromatic rings. The maximum atomic E-state index is 11.6. The van der Waals surface area contributed by atoms with Crippen molar-refractivity contribution in [1.82, 2.24) is 5.32 Å².